The Labute approximate surface area is 178 Å². The van der Waals surface area contributed by atoms with Crippen LogP contribution in [0, 0.1) is 6.92 Å². The zero-order valence-electron chi connectivity index (χ0n) is 15.7. The van der Waals surface area contributed by atoms with Gasteiger partial charge in [0.2, 0.25) is 0 Å². The zero-order chi connectivity index (χ0) is 20.1. The third-order valence-electron chi connectivity index (χ3n) is 5.49. The third-order valence-corrected chi connectivity index (χ3v) is 5.98. The fourth-order valence-electron chi connectivity index (χ4n) is 4.10. The van der Waals surface area contributed by atoms with Gasteiger partial charge in [0.1, 0.15) is 0 Å². The monoisotopic (exact) mass is 421 g/mol. The van der Waals surface area contributed by atoms with Crippen LogP contribution in [0.25, 0.3) is 16.8 Å². The summed E-state index contributed by atoms with van der Waals surface area (Å²) < 4.78 is 1.71. The van der Waals surface area contributed by atoms with E-state index in [4.69, 9.17) is 28.2 Å². The first kappa shape index (κ1) is 18.3. The Kier molecular flexibility index (Phi) is 4.41. The number of aryl methyl sites for hydroxylation is 1. The molecule has 0 bridgehead atoms. The van der Waals surface area contributed by atoms with Crippen LogP contribution in [-0.2, 0) is 6.42 Å². The molecule has 0 aliphatic heterocycles. The van der Waals surface area contributed by atoms with Crippen LogP contribution in [0.4, 0.5) is 0 Å². The lowest BCUT2D eigenvalue weighted by molar-refractivity contribution is 0.0962. The molecule has 1 atom stereocenters. The van der Waals surface area contributed by atoms with Gasteiger partial charge in [-0.15, -0.1) is 0 Å². The zero-order valence-corrected chi connectivity index (χ0v) is 17.2. The normalized spacial score (nSPS) is 16.2. The van der Waals surface area contributed by atoms with Gasteiger partial charge in [-0.2, -0.15) is 5.10 Å². The quantitative estimate of drug-likeness (QED) is 0.403. The van der Waals surface area contributed by atoms with Crippen molar-refractivity contribution in [3.05, 3.63) is 87.3 Å². The van der Waals surface area contributed by atoms with Crippen molar-refractivity contribution in [2.75, 3.05) is 0 Å². The second kappa shape index (κ2) is 6.97. The summed E-state index contributed by atoms with van der Waals surface area (Å²) in [5, 5.41) is 5.95. The summed E-state index contributed by atoms with van der Waals surface area (Å²) in [6.45, 7) is 1.95. The van der Waals surface area contributed by atoms with Gasteiger partial charge in [-0.05, 0) is 54.7 Å². The van der Waals surface area contributed by atoms with E-state index in [1.165, 1.54) is 0 Å². The van der Waals surface area contributed by atoms with E-state index in [-0.39, 0.29) is 11.7 Å². The molecule has 0 saturated carbocycles. The number of hydrogen-bond acceptors (Lipinski definition) is 3. The molecule has 0 radical (unpaired) electrons. The minimum absolute atomic E-state index is 0.0954. The maximum absolute atomic E-state index is 12.9. The van der Waals surface area contributed by atoms with Crippen LogP contribution in [0.3, 0.4) is 0 Å². The number of hydrogen-bond donors (Lipinski definition) is 0. The van der Waals surface area contributed by atoms with Gasteiger partial charge in [0, 0.05) is 28.2 Å². The van der Waals surface area contributed by atoms with Crippen LogP contribution in [-0.4, -0.2) is 20.4 Å². The van der Waals surface area contributed by atoms with Gasteiger partial charge in [0.05, 0.1) is 17.0 Å². The topological polar surface area (TPSA) is 47.3 Å². The van der Waals surface area contributed by atoms with Gasteiger partial charge in [0.25, 0.3) is 0 Å². The molecule has 0 fully saturated rings. The second-order valence-electron chi connectivity index (χ2n) is 7.42. The Balaban J connectivity index is 1.63. The molecule has 4 nitrogen and oxygen atoms in total. The molecule has 4 aromatic rings. The van der Waals surface area contributed by atoms with Crippen molar-refractivity contribution in [3.8, 4) is 11.1 Å². The average Bonchev–Trinajstić information content (AvgIpc) is 3.02. The van der Waals surface area contributed by atoms with Gasteiger partial charge in [0.15, 0.2) is 11.4 Å². The molecule has 29 heavy (non-hydrogen) atoms. The fourth-order valence-corrected chi connectivity index (χ4v) is 4.41. The predicted molar refractivity (Wildman–Crippen MR) is 115 cm³/mol. The molecule has 1 aliphatic carbocycles. The molecule has 0 spiro atoms. The Morgan fingerprint density at radius 2 is 1.83 bits per heavy atom. The number of nitrogens with zero attached hydrogens (tertiary/aromatic N) is 3. The summed E-state index contributed by atoms with van der Waals surface area (Å²) in [6, 6.07) is 15.4. The van der Waals surface area contributed by atoms with Crippen LogP contribution in [0.15, 0.2) is 54.7 Å². The number of benzene rings is 2. The van der Waals surface area contributed by atoms with E-state index in [1.807, 2.05) is 61.7 Å². The van der Waals surface area contributed by atoms with E-state index in [2.05, 4.69) is 5.10 Å². The first-order valence-electron chi connectivity index (χ1n) is 9.43. The number of Topliss-reactive ketones (excluding diaryl/α,β-unsaturated/α-hetero) is 1. The minimum Gasteiger partial charge on any atom is -0.294 e. The summed E-state index contributed by atoms with van der Waals surface area (Å²) in [7, 11) is 0. The second-order valence-corrected chi connectivity index (χ2v) is 8.29. The Morgan fingerprint density at radius 1 is 1.03 bits per heavy atom. The molecule has 0 amide bonds. The maximum atomic E-state index is 12.9. The van der Waals surface area contributed by atoms with Crippen molar-refractivity contribution in [1.29, 1.82) is 0 Å². The highest BCUT2D eigenvalue weighted by atomic mass is 35.5. The Bertz CT molecular complexity index is 1260. The van der Waals surface area contributed by atoms with Crippen molar-refractivity contribution in [1.82, 2.24) is 14.6 Å². The van der Waals surface area contributed by atoms with E-state index >= 15 is 0 Å². The largest absolute Gasteiger partial charge is 0.294 e. The highest BCUT2D eigenvalue weighted by Crippen LogP contribution is 2.35. The average molecular weight is 422 g/mol. The van der Waals surface area contributed by atoms with E-state index in [0.29, 0.717) is 28.5 Å². The third kappa shape index (κ3) is 3.22. The van der Waals surface area contributed by atoms with E-state index < -0.39 is 0 Å². The van der Waals surface area contributed by atoms with Crippen LogP contribution >= 0.6 is 23.2 Å². The minimum atomic E-state index is 0.0954. The molecule has 2 aromatic carbocycles. The number of aromatic nitrogens is 3. The molecule has 144 valence electrons. The molecular weight excluding hydrogens is 405 g/mol. The van der Waals surface area contributed by atoms with E-state index in [9.17, 15) is 4.79 Å². The summed E-state index contributed by atoms with van der Waals surface area (Å²) in [5.74, 6) is 0.193. The SMILES string of the molecule is Cc1nn2cc3c(nc2c1-c1cccc(Cl)c1)CC(c1ccc(Cl)cc1)CC3=O. The van der Waals surface area contributed by atoms with Gasteiger partial charge < -0.3 is 0 Å². The van der Waals surface area contributed by atoms with Crippen molar-refractivity contribution in [3.63, 3.8) is 0 Å². The summed E-state index contributed by atoms with van der Waals surface area (Å²) in [4.78, 5) is 17.8. The number of ketones is 1. The number of carbonyl (C=O) groups is 1. The highest BCUT2D eigenvalue weighted by Gasteiger charge is 2.29. The number of halogens is 2. The van der Waals surface area contributed by atoms with Crippen molar-refractivity contribution < 1.29 is 4.79 Å². The lowest BCUT2D eigenvalue weighted by atomic mass is 9.82. The highest BCUT2D eigenvalue weighted by molar-refractivity contribution is 6.31. The summed E-state index contributed by atoms with van der Waals surface area (Å²) >= 11 is 12.2. The number of carbonyl (C=O) groups excluding carboxylic acids is 1. The lowest BCUT2D eigenvalue weighted by Crippen LogP contribution is -2.21. The lowest BCUT2D eigenvalue weighted by Gasteiger charge is -2.23. The predicted octanol–water partition coefficient (Wildman–Crippen LogP) is 5.92. The van der Waals surface area contributed by atoms with Crippen molar-refractivity contribution in [2.45, 2.75) is 25.7 Å². The van der Waals surface area contributed by atoms with Gasteiger partial charge >= 0.3 is 0 Å². The maximum Gasteiger partial charge on any atom is 0.166 e. The number of fused-ring (bicyclic) bond motifs is 2. The van der Waals surface area contributed by atoms with Gasteiger partial charge in [-0.25, -0.2) is 9.50 Å². The summed E-state index contributed by atoms with van der Waals surface area (Å²) in [5.41, 5.74) is 6.08. The molecule has 1 unspecified atom stereocenters. The molecule has 2 aromatic heterocycles. The standard InChI is InChI=1S/C23H17Cl2N3O/c1-13-22(15-3-2-4-18(25)9-15)23-26-20-10-16(14-5-7-17(24)8-6-14)11-21(29)19(20)12-28(23)27-13/h2-9,12,16H,10-11H2,1H3. The molecule has 2 heterocycles. The number of rotatable bonds is 2. The van der Waals surface area contributed by atoms with Crippen LogP contribution < -0.4 is 0 Å². The first-order valence-corrected chi connectivity index (χ1v) is 10.2. The van der Waals surface area contributed by atoms with E-state index in [1.54, 1.807) is 4.52 Å². The Morgan fingerprint density at radius 3 is 2.59 bits per heavy atom. The Hall–Kier alpha value is -2.69. The molecule has 0 saturated heterocycles. The molecule has 6 heteroatoms. The smallest absolute Gasteiger partial charge is 0.166 e. The van der Waals surface area contributed by atoms with Crippen molar-refractivity contribution in [2.24, 2.45) is 0 Å². The molecule has 5 rings (SSSR count). The van der Waals surface area contributed by atoms with Crippen LogP contribution in [0.1, 0.15) is 39.6 Å². The fraction of sp³-hybridized carbons (Fsp3) is 0.174. The molecule has 0 N–H and O–H groups in total. The molecular formula is C23H17Cl2N3O. The van der Waals surface area contributed by atoms with Gasteiger partial charge in [-0.3, -0.25) is 4.79 Å². The van der Waals surface area contributed by atoms with E-state index in [0.717, 1.165) is 33.7 Å². The van der Waals surface area contributed by atoms with Crippen LogP contribution in [0.2, 0.25) is 10.0 Å². The van der Waals surface area contributed by atoms with Crippen LogP contribution in [0.5, 0.6) is 0 Å². The molecule has 1 aliphatic rings. The summed E-state index contributed by atoms with van der Waals surface area (Å²) in [6.07, 6.45) is 2.99. The van der Waals surface area contributed by atoms with Crippen molar-refractivity contribution >= 4 is 34.6 Å². The van der Waals surface area contributed by atoms with Gasteiger partial charge in [-0.1, -0.05) is 47.5 Å². The first-order chi connectivity index (χ1) is 14.0.